The van der Waals surface area contributed by atoms with Crippen LogP contribution in [-0.4, -0.2) is 50.3 Å². The molecule has 21 heavy (non-hydrogen) atoms. The van der Waals surface area contributed by atoms with Crippen LogP contribution in [0.4, 0.5) is 0 Å². The molecule has 0 bridgehead atoms. The van der Waals surface area contributed by atoms with E-state index in [1.54, 1.807) is 12.1 Å². The lowest BCUT2D eigenvalue weighted by atomic mass is 10.3. The van der Waals surface area contributed by atoms with E-state index in [2.05, 4.69) is 20.8 Å². The summed E-state index contributed by atoms with van der Waals surface area (Å²) >= 11 is 15.5. The lowest BCUT2D eigenvalue weighted by molar-refractivity contribution is 0.290. The number of hydrogen-bond donors (Lipinski definition) is 0. The minimum Gasteiger partial charge on any atom is -0.305 e. The number of nitrogens with zero attached hydrogens (tertiary/aromatic N) is 2. The standard InChI is InChI=1S/C13H17BrCl2N2O2S/c1-9-8-17(2)4-3-5-18(9)21(19,20)13-11(15)6-10(14)7-12(13)16/h6-7,9H,3-5,8H2,1-2H3. The van der Waals surface area contributed by atoms with Crippen molar-refractivity contribution in [2.45, 2.75) is 24.3 Å². The molecule has 0 radical (unpaired) electrons. The fourth-order valence-corrected chi connectivity index (χ4v) is 6.15. The Morgan fingerprint density at radius 1 is 1.24 bits per heavy atom. The van der Waals surface area contributed by atoms with Crippen molar-refractivity contribution in [3.8, 4) is 0 Å². The van der Waals surface area contributed by atoms with E-state index in [4.69, 9.17) is 23.2 Å². The summed E-state index contributed by atoms with van der Waals surface area (Å²) in [6, 6.07) is 2.97. The van der Waals surface area contributed by atoms with Gasteiger partial charge in [0.1, 0.15) is 4.90 Å². The summed E-state index contributed by atoms with van der Waals surface area (Å²) in [4.78, 5) is 2.12. The largest absolute Gasteiger partial charge is 0.305 e. The Balaban J connectivity index is 2.47. The van der Waals surface area contributed by atoms with Gasteiger partial charge in [-0.1, -0.05) is 39.1 Å². The molecule has 0 saturated carbocycles. The molecule has 4 nitrogen and oxygen atoms in total. The zero-order chi connectivity index (χ0) is 15.8. The van der Waals surface area contributed by atoms with Crippen LogP contribution in [0, 0.1) is 0 Å². The van der Waals surface area contributed by atoms with Gasteiger partial charge in [0, 0.05) is 23.6 Å². The van der Waals surface area contributed by atoms with Gasteiger partial charge in [0.15, 0.2) is 0 Å². The Morgan fingerprint density at radius 3 is 2.38 bits per heavy atom. The molecule has 1 aliphatic heterocycles. The van der Waals surface area contributed by atoms with Crippen LogP contribution in [0.15, 0.2) is 21.5 Å². The average molecular weight is 416 g/mol. The normalized spacial score (nSPS) is 22.2. The SMILES string of the molecule is CC1CN(C)CCCN1S(=O)(=O)c1c(Cl)cc(Br)cc1Cl. The van der Waals surface area contributed by atoms with Gasteiger partial charge >= 0.3 is 0 Å². The Bertz CT molecular complexity index is 616. The first-order valence-corrected chi connectivity index (χ1v) is 9.57. The summed E-state index contributed by atoms with van der Waals surface area (Å²) in [5.41, 5.74) is 0. The highest BCUT2D eigenvalue weighted by atomic mass is 79.9. The molecule has 1 saturated heterocycles. The summed E-state index contributed by atoms with van der Waals surface area (Å²) in [6.45, 7) is 3.93. The van der Waals surface area contributed by atoms with Crippen molar-refractivity contribution < 1.29 is 8.42 Å². The van der Waals surface area contributed by atoms with Gasteiger partial charge in [0.05, 0.1) is 10.0 Å². The van der Waals surface area contributed by atoms with Crippen LogP contribution in [0.5, 0.6) is 0 Å². The van der Waals surface area contributed by atoms with Crippen LogP contribution in [0.2, 0.25) is 10.0 Å². The first kappa shape index (κ1) is 17.5. The fraction of sp³-hybridized carbons (Fsp3) is 0.538. The van der Waals surface area contributed by atoms with Gasteiger partial charge in [0.25, 0.3) is 0 Å². The molecule has 1 heterocycles. The lowest BCUT2D eigenvalue weighted by Gasteiger charge is -2.28. The van der Waals surface area contributed by atoms with Crippen LogP contribution in [0.1, 0.15) is 13.3 Å². The van der Waals surface area contributed by atoms with E-state index in [0.29, 0.717) is 17.6 Å². The molecule has 1 aliphatic rings. The number of sulfonamides is 1. The molecule has 0 spiro atoms. The highest BCUT2D eigenvalue weighted by Crippen LogP contribution is 2.35. The number of halogens is 3. The van der Waals surface area contributed by atoms with Crippen molar-refractivity contribution in [1.29, 1.82) is 0 Å². The highest BCUT2D eigenvalue weighted by molar-refractivity contribution is 9.10. The van der Waals surface area contributed by atoms with Gasteiger partial charge in [-0.05, 0) is 39.1 Å². The van der Waals surface area contributed by atoms with Gasteiger partial charge in [-0.25, -0.2) is 8.42 Å². The summed E-state index contributed by atoms with van der Waals surface area (Å²) in [5.74, 6) is 0. The van der Waals surface area contributed by atoms with E-state index in [9.17, 15) is 8.42 Å². The quantitative estimate of drug-likeness (QED) is 0.742. The van der Waals surface area contributed by atoms with Crippen molar-refractivity contribution in [2.24, 2.45) is 0 Å². The third-order valence-corrected chi connectivity index (χ3v) is 6.91. The van der Waals surface area contributed by atoms with E-state index in [1.807, 2.05) is 14.0 Å². The Morgan fingerprint density at radius 2 is 1.81 bits per heavy atom. The van der Waals surface area contributed by atoms with Crippen molar-refractivity contribution in [2.75, 3.05) is 26.7 Å². The summed E-state index contributed by atoms with van der Waals surface area (Å²) in [6.07, 6.45) is 0.784. The van der Waals surface area contributed by atoms with Gasteiger partial charge in [-0.2, -0.15) is 4.31 Å². The van der Waals surface area contributed by atoms with Crippen LogP contribution >= 0.6 is 39.1 Å². The maximum Gasteiger partial charge on any atom is 0.246 e. The molecule has 0 N–H and O–H groups in total. The molecule has 0 aromatic heterocycles. The highest BCUT2D eigenvalue weighted by Gasteiger charge is 2.34. The van der Waals surface area contributed by atoms with E-state index < -0.39 is 10.0 Å². The third-order valence-electron chi connectivity index (χ3n) is 3.52. The van der Waals surface area contributed by atoms with Gasteiger partial charge in [-0.3, -0.25) is 0 Å². The molecule has 1 aromatic rings. The summed E-state index contributed by atoms with van der Waals surface area (Å²) < 4.78 is 28.0. The predicted octanol–water partition coefficient (Wildman–Crippen LogP) is 3.47. The first-order chi connectivity index (χ1) is 9.73. The summed E-state index contributed by atoms with van der Waals surface area (Å²) in [7, 11) is -1.72. The Labute approximate surface area is 144 Å². The minimum absolute atomic E-state index is 0.00886. The first-order valence-electron chi connectivity index (χ1n) is 6.58. The second kappa shape index (κ2) is 6.72. The molecule has 0 aliphatic carbocycles. The number of benzene rings is 1. The molecule has 2 rings (SSSR count). The molecule has 1 fully saturated rings. The smallest absolute Gasteiger partial charge is 0.246 e. The topological polar surface area (TPSA) is 40.6 Å². The van der Waals surface area contributed by atoms with Crippen LogP contribution in [0.3, 0.4) is 0 Å². The van der Waals surface area contributed by atoms with Crippen molar-refractivity contribution in [3.63, 3.8) is 0 Å². The molecule has 118 valence electrons. The molecule has 1 atom stereocenters. The Hall–Kier alpha value is 0.150. The fourth-order valence-electron chi connectivity index (χ4n) is 2.60. The van der Waals surface area contributed by atoms with Gasteiger partial charge in [0.2, 0.25) is 10.0 Å². The van der Waals surface area contributed by atoms with Crippen LogP contribution < -0.4 is 0 Å². The zero-order valence-corrected chi connectivity index (χ0v) is 15.7. The minimum atomic E-state index is -3.71. The average Bonchev–Trinajstić information content (AvgIpc) is 2.48. The maximum absolute atomic E-state index is 12.9. The van der Waals surface area contributed by atoms with E-state index >= 15 is 0 Å². The molecular formula is C13H17BrCl2N2O2S. The summed E-state index contributed by atoms with van der Waals surface area (Å²) in [5, 5.41) is 0.276. The van der Waals surface area contributed by atoms with Gasteiger partial charge in [-0.15, -0.1) is 0 Å². The van der Waals surface area contributed by atoms with Crippen LogP contribution in [-0.2, 0) is 10.0 Å². The Kier molecular flexibility index (Phi) is 5.60. The lowest BCUT2D eigenvalue weighted by Crippen LogP contribution is -2.42. The number of rotatable bonds is 2. The molecular weight excluding hydrogens is 399 g/mol. The maximum atomic E-state index is 12.9. The molecule has 8 heteroatoms. The van der Waals surface area contributed by atoms with E-state index in [1.165, 1.54) is 4.31 Å². The van der Waals surface area contributed by atoms with E-state index in [-0.39, 0.29) is 21.0 Å². The molecule has 0 amide bonds. The van der Waals surface area contributed by atoms with E-state index in [0.717, 1.165) is 13.0 Å². The molecule has 1 aromatic carbocycles. The van der Waals surface area contributed by atoms with Crippen LogP contribution in [0.25, 0.3) is 0 Å². The second-order valence-corrected chi connectivity index (χ2v) is 8.84. The number of hydrogen-bond acceptors (Lipinski definition) is 3. The predicted molar refractivity (Wildman–Crippen MR) is 89.6 cm³/mol. The zero-order valence-electron chi connectivity index (χ0n) is 11.8. The molecule has 1 unspecified atom stereocenters. The van der Waals surface area contributed by atoms with Gasteiger partial charge < -0.3 is 4.90 Å². The number of likely N-dealkylation sites (N-methyl/N-ethyl adjacent to an activating group) is 1. The monoisotopic (exact) mass is 414 g/mol. The second-order valence-electron chi connectivity index (χ2n) is 5.28. The third kappa shape index (κ3) is 3.74. The van der Waals surface area contributed by atoms with Crippen molar-refractivity contribution in [1.82, 2.24) is 9.21 Å². The van der Waals surface area contributed by atoms with Crippen molar-refractivity contribution in [3.05, 3.63) is 26.7 Å². The van der Waals surface area contributed by atoms with Crippen molar-refractivity contribution >= 4 is 49.2 Å².